The van der Waals surface area contributed by atoms with Crippen molar-refractivity contribution in [2.75, 3.05) is 19.6 Å². The van der Waals surface area contributed by atoms with Crippen LogP contribution in [0.1, 0.15) is 19.3 Å². The standard InChI is InChI=1S/C16H24FN3O4S/c17-12-2-1-3-13(10-12)25(23,24)16(11-5-8-19-9-6-11)20-15(22)14(21)4-7-18/h1-3,10-11,14,16,19,21H,4-9,18H2,(H,20,22). The fourth-order valence-corrected chi connectivity index (χ4v) is 4.80. The van der Waals surface area contributed by atoms with E-state index in [1.807, 2.05) is 0 Å². The Labute approximate surface area is 146 Å². The lowest BCUT2D eigenvalue weighted by Gasteiger charge is -2.31. The second-order valence-electron chi connectivity index (χ2n) is 6.11. The zero-order valence-corrected chi connectivity index (χ0v) is 14.6. The van der Waals surface area contributed by atoms with E-state index in [4.69, 9.17) is 5.73 Å². The third-order valence-corrected chi connectivity index (χ3v) is 6.38. The van der Waals surface area contributed by atoms with Crippen molar-refractivity contribution in [2.45, 2.75) is 35.6 Å². The molecule has 5 N–H and O–H groups in total. The van der Waals surface area contributed by atoms with Crippen LogP contribution in [0.2, 0.25) is 0 Å². The molecule has 9 heteroatoms. The lowest BCUT2D eigenvalue weighted by Crippen LogP contribution is -2.51. The average Bonchev–Trinajstić information content (AvgIpc) is 2.60. The molecule has 1 fully saturated rings. The highest BCUT2D eigenvalue weighted by atomic mass is 32.2. The third kappa shape index (κ3) is 4.97. The number of nitrogens with two attached hydrogens (primary N) is 1. The second-order valence-corrected chi connectivity index (χ2v) is 8.18. The maximum Gasteiger partial charge on any atom is 0.249 e. The molecule has 1 saturated heterocycles. The zero-order chi connectivity index (χ0) is 18.4. The molecule has 1 amide bonds. The molecule has 2 unspecified atom stereocenters. The highest BCUT2D eigenvalue weighted by Gasteiger charge is 2.37. The van der Waals surface area contributed by atoms with Gasteiger partial charge in [0.25, 0.3) is 0 Å². The number of halogens is 1. The van der Waals surface area contributed by atoms with Gasteiger partial charge in [-0.25, -0.2) is 12.8 Å². The van der Waals surface area contributed by atoms with Gasteiger partial charge in [0.1, 0.15) is 17.3 Å². The summed E-state index contributed by atoms with van der Waals surface area (Å²) in [6.45, 7) is 1.35. The topological polar surface area (TPSA) is 122 Å². The first-order valence-electron chi connectivity index (χ1n) is 8.25. The molecule has 0 saturated carbocycles. The number of amides is 1. The SMILES string of the molecule is NCCC(O)C(=O)NC(C1CCNCC1)S(=O)(=O)c1cccc(F)c1. The van der Waals surface area contributed by atoms with Gasteiger partial charge in [0.05, 0.1) is 4.90 Å². The maximum absolute atomic E-state index is 13.5. The number of aliphatic hydroxyl groups is 1. The summed E-state index contributed by atoms with van der Waals surface area (Å²) < 4.78 is 39.5. The van der Waals surface area contributed by atoms with E-state index >= 15 is 0 Å². The second kappa shape index (κ2) is 8.70. The molecule has 7 nitrogen and oxygen atoms in total. The highest BCUT2D eigenvalue weighted by molar-refractivity contribution is 7.92. The van der Waals surface area contributed by atoms with Gasteiger partial charge in [-0.1, -0.05) is 6.07 Å². The predicted octanol–water partition coefficient (Wildman–Crippen LogP) is -0.249. The largest absolute Gasteiger partial charge is 0.383 e. The number of aliphatic hydroxyl groups excluding tert-OH is 1. The summed E-state index contributed by atoms with van der Waals surface area (Å²) in [5, 5.41) is 14.1. The number of rotatable bonds is 7. The molecule has 1 aromatic carbocycles. The van der Waals surface area contributed by atoms with Crippen LogP contribution in [-0.2, 0) is 14.6 Å². The van der Waals surface area contributed by atoms with Crippen molar-refractivity contribution in [2.24, 2.45) is 11.7 Å². The maximum atomic E-state index is 13.5. The Morgan fingerprint density at radius 3 is 2.68 bits per heavy atom. The van der Waals surface area contributed by atoms with Gasteiger partial charge >= 0.3 is 0 Å². The van der Waals surface area contributed by atoms with Gasteiger partial charge in [0.15, 0.2) is 9.84 Å². The van der Waals surface area contributed by atoms with Gasteiger partial charge in [-0.3, -0.25) is 4.79 Å². The number of nitrogens with one attached hydrogen (secondary N) is 2. The summed E-state index contributed by atoms with van der Waals surface area (Å²) in [5.74, 6) is -1.78. The first-order valence-corrected chi connectivity index (χ1v) is 9.79. The number of piperidine rings is 1. The minimum atomic E-state index is -4.01. The molecule has 1 aliphatic rings. The highest BCUT2D eigenvalue weighted by Crippen LogP contribution is 2.26. The van der Waals surface area contributed by atoms with Gasteiger partial charge in [0, 0.05) is 0 Å². The molecule has 0 bridgehead atoms. The summed E-state index contributed by atoms with van der Waals surface area (Å²) in [5.41, 5.74) is 5.33. The lowest BCUT2D eigenvalue weighted by atomic mass is 9.97. The molecule has 0 aliphatic carbocycles. The monoisotopic (exact) mass is 373 g/mol. The fraction of sp³-hybridized carbons (Fsp3) is 0.562. The number of carbonyl (C=O) groups is 1. The molecule has 1 heterocycles. The van der Waals surface area contributed by atoms with E-state index < -0.39 is 33.0 Å². The molecule has 1 aliphatic heterocycles. The van der Waals surface area contributed by atoms with Crippen molar-refractivity contribution in [1.82, 2.24) is 10.6 Å². The summed E-state index contributed by atoms with van der Waals surface area (Å²) in [7, 11) is -4.01. The summed E-state index contributed by atoms with van der Waals surface area (Å²) in [6, 6.07) is 4.70. The van der Waals surface area contributed by atoms with E-state index in [9.17, 15) is 22.7 Å². The van der Waals surface area contributed by atoms with Crippen molar-refractivity contribution in [1.29, 1.82) is 0 Å². The molecular weight excluding hydrogens is 349 g/mol. The quantitative estimate of drug-likeness (QED) is 0.523. The summed E-state index contributed by atoms with van der Waals surface area (Å²) in [6.07, 6.45) is -0.249. The van der Waals surface area contributed by atoms with E-state index in [2.05, 4.69) is 10.6 Å². The molecular formula is C16H24FN3O4S. The van der Waals surface area contributed by atoms with Crippen molar-refractivity contribution in [3.05, 3.63) is 30.1 Å². The first kappa shape index (κ1) is 19.8. The molecule has 140 valence electrons. The first-order chi connectivity index (χ1) is 11.9. The smallest absolute Gasteiger partial charge is 0.249 e. The molecule has 1 aromatic rings. The number of hydrogen-bond donors (Lipinski definition) is 4. The van der Waals surface area contributed by atoms with E-state index in [-0.39, 0.29) is 23.8 Å². The number of benzene rings is 1. The zero-order valence-electron chi connectivity index (χ0n) is 13.8. The summed E-state index contributed by atoms with van der Waals surface area (Å²) >= 11 is 0. The van der Waals surface area contributed by atoms with Crippen LogP contribution in [0.25, 0.3) is 0 Å². The van der Waals surface area contributed by atoms with Crippen molar-refractivity contribution in [3.8, 4) is 0 Å². The van der Waals surface area contributed by atoms with Crippen LogP contribution in [0.15, 0.2) is 29.2 Å². The predicted molar refractivity (Wildman–Crippen MR) is 90.8 cm³/mol. The number of hydrogen-bond acceptors (Lipinski definition) is 6. The lowest BCUT2D eigenvalue weighted by molar-refractivity contribution is -0.130. The van der Waals surface area contributed by atoms with E-state index in [0.717, 1.165) is 12.1 Å². The van der Waals surface area contributed by atoms with Crippen LogP contribution < -0.4 is 16.4 Å². The molecule has 0 radical (unpaired) electrons. The minimum absolute atomic E-state index is 0.0325. The molecule has 2 atom stereocenters. The Kier molecular flexibility index (Phi) is 6.88. The Morgan fingerprint density at radius 1 is 1.40 bits per heavy atom. The van der Waals surface area contributed by atoms with Crippen LogP contribution >= 0.6 is 0 Å². The summed E-state index contributed by atoms with van der Waals surface area (Å²) in [4.78, 5) is 12.0. The van der Waals surface area contributed by atoms with Crippen LogP contribution in [0, 0.1) is 11.7 Å². The van der Waals surface area contributed by atoms with Gasteiger partial charge in [0.2, 0.25) is 5.91 Å². The molecule has 0 aromatic heterocycles. The molecule has 2 rings (SSSR count). The Balaban J connectivity index is 2.31. The fourth-order valence-electron chi connectivity index (χ4n) is 2.91. The third-order valence-electron chi connectivity index (χ3n) is 4.30. The Morgan fingerprint density at radius 2 is 2.08 bits per heavy atom. The number of sulfone groups is 1. The van der Waals surface area contributed by atoms with Gasteiger partial charge in [-0.15, -0.1) is 0 Å². The van der Waals surface area contributed by atoms with Crippen LogP contribution in [0.4, 0.5) is 4.39 Å². The van der Waals surface area contributed by atoms with Gasteiger partial charge < -0.3 is 21.5 Å². The van der Waals surface area contributed by atoms with Crippen molar-refractivity contribution in [3.63, 3.8) is 0 Å². The van der Waals surface area contributed by atoms with Crippen LogP contribution in [0.3, 0.4) is 0 Å². The van der Waals surface area contributed by atoms with E-state index in [1.165, 1.54) is 12.1 Å². The average molecular weight is 373 g/mol. The van der Waals surface area contributed by atoms with Crippen molar-refractivity contribution < 1.29 is 22.7 Å². The normalized spacial score (nSPS) is 18.5. The molecule has 25 heavy (non-hydrogen) atoms. The van der Waals surface area contributed by atoms with Crippen LogP contribution in [0.5, 0.6) is 0 Å². The van der Waals surface area contributed by atoms with Crippen molar-refractivity contribution >= 4 is 15.7 Å². The van der Waals surface area contributed by atoms with Gasteiger partial charge in [-0.05, 0) is 63.0 Å². The van der Waals surface area contributed by atoms with Crippen LogP contribution in [-0.4, -0.2) is 50.5 Å². The van der Waals surface area contributed by atoms with Gasteiger partial charge in [-0.2, -0.15) is 0 Å². The number of carbonyl (C=O) groups excluding carboxylic acids is 1. The molecule has 0 spiro atoms. The van der Waals surface area contributed by atoms with E-state index in [0.29, 0.717) is 25.9 Å². The Hall–Kier alpha value is -1.55. The van der Waals surface area contributed by atoms with E-state index in [1.54, 1.807) is 0 Å². The Bertz CT molecular complexity index is 692. The minimum Gasteiger partial charge on any atom is -0.383 e.